The Labute approximate surface area is 91.7 Å². The molecule has 2 nitrogen and oxygen atoms in total. The van der Waals surface area contributed by atoms with E-state index < -0.39 is 17.2 Å². The van der Waals surface area contributed by atoms with Crippen molar-refractivity contribution >= 4 is 0 Å². The molecule has 0 radical (unpaired) electrons. The lowest BCUT2D eigenvalue weighted by atomic mass is 9.65. The number of pyridine rings is 1. The average Bonchev–Trinajstić information content (AvgIpc) is 2.16. The van der Waals surface area contributed by atoms with Crippen molar-refractivity contribution in [2.24, 2.45) is 5.73 Å². The summed E-state index contributed by atoms with van der Waals surface area (Å²) in [6.07, 6.45) is -0.625. The minimum absolute atomic E-state index is 0.122. The Morgan fingerprint density at radius 3 is 2.50 bits per heavy atom. The van der Waals surface area contributed by atoms with Crippen LogP contribution < -0.4 is 5.73 Å². The van der Waals surface area contributed by atoms with Crippen molar-refractivity contribution in [2.45, 2.75) is 30.9 Å². The second kappa shape index (κ2) is 3.73. The number of nitrogens with two attached hydrogens (primary N) is 1. The Balaban J connectivity index is 2.48. The lowest BCUT2D eigenvalue weighted by Gasteiger charge is -2.41. The van der Waals surface area contributed by atoms with Gasteiger partial charge in [-0.15, -0.1) is 0 Å². The van der Waals surface area contributed by atoms with E-state index in [1.807, 2.05) is 0 Å². The third-order valence-electron chi connectivity index (χ3n) is 3.32. The van der Waals surface area contributed by atoms with E-state index in [0.29, 0.717) is 12.8 Å². The summed E-state index contributed by atoms with van der Waals surface area (Å²) in [5.41, 5.74) is 4.54. The second-order valence-electron chi connectivity index (χ2n) is 4.24. The monoisotopic (exact) mass is 230 g/mol. The number of aromatic nitrogens is 1. The summed E-state index contributed by atoms with van der Waals surface area (Å²) >= 11 is 0. The molecule has 1 aliphatic carbocycles. The fraction of sp³-hybridized carbons (Fsp3) is 0.545. The van der Waals surface area contributed by atoms with Gasteiger partial charge in [0.05, 0.1) is 11.3 Å². The van der Waals surface area contributed by atoms with Gasteiger partial charge >= 0.3 is 6.18 Å². The van der Waals surface area contributed by atoms with Crippen molar-refractivity contribution in [3.63, 3.8) is 0 Å². The van der Waals surface area contributed by atoms with Gasteiger partial charge in [0.15, 0.2) is 0 Å². The summed E-state index contributed by atoms with van der Waals surface area (Å²) in [7, 11) is 0. The molecule has 0 unspecified atom stereocenters. The van der Waals surface area contributed by atoms with Crippen molar-refractivity contribution in [2.75, 3.05) is 6.54 Å². The minimum atomic E-state index is -4.35. The second-order valence-corrected chi connectivity index (χ2v) is 4.24. The maximum Gasteiger partial charge on any atom is 0.418 e. The van der Waals surface area contributed by atoms with Crippen LogP contribution in [0.4, 0.5) is 13.2 Å². The molecular formula is C11H13F3N2. The van der Waals surface area contributed by atoms with Crippen LogP contribution in [0.1, 0.15) is 30.5 Å². The predicted octanol–water partition coefficient (Wildman–Crippen LogP) is 2.48. The van der Waals surface area contributed by atoms with E-state index in [1.54, 1.807) is 0 Å². The normalized spacial score (nSPS) is 19.2. The summed E-state index contributed by atoms with van der Waals surface area (Å²) in [4.78, 5) is 3.91. The molecule has 1 saturated carbocycles. The lowest BCUT2D eigenvalue weighted by molar-refractivity contribution is -0.139. The fourth-order valence-corrected chi connectivity index (χ4v) is 2.20. The van der Waals surface area contributed by atoms with E-state index in [9.17, 15) is 13.2 Å². The Morgan fingerprint density at radius 2 is 2.06 bits per heavy atom. The molecule has 16 heavy (non-hydrogen) atoms. The molecule has 88 valence electrons. The van der Waals surface area contributed by atoms with E-state index in [2.05, 4.69) is 4.98 Å². The standard InChI is InChI=1S/C11H13F3N2/c12-11(13,14)8-3-1-6-16-9(8)10(7-15)4-2-5-10/h1,3,6H,2,4-5,7,15H2. The molecule has 1 aromatic rings. The van der Waals surface area contributed by atoms with Crippen molar-refractivity contribution < 1.29 is 13.2 Å². The highest BCUT2D eigenvalue weighted by Crippen LogP contribution is 2.46. The van der Waals surface area contributed by atoms with Crippen LogP contribution in [-0.4, -0.2) is 11.5 Å². The van der Waals surface area contributed by atoms with Gasteiger partial charge in [0, 0.05) is 18.2 Å². The Hall–Kier alpha value is -1.10. The molecule has 0 saturated heterocycles. The van der Waals surface area contributed by atoms with Crippen molar-refractivity contribution in [1.29, 1.82) is 0 Å². The zero-order chi connectivity index (χ0) is 11.8. The first-order valence-corrected chi connectivity index (χ1v) is 5.22. The lowest BCUT2D eigenvalue weighted by Crippen LogP contribution is -2.43. The maximum absolute atomic E-state index is 12.8. The molecular weight excluding hydrogens is 217 g/mol. The smallest absolute Gasteiger partial charge is 0.330 e. The van der Waals surface area contributed by atoms with Crippen LogP contribution >= 0.6 is 0 Å². The summed E-state index contributed by atoms with van der Waals surface area (Å²) in [5, 5.41) is 0. The van der Waals surface area contributed by atoms with Crippen LogP contribution in [0.3, 0.4) is 0 Å². The first-order chi connectivity index (χ1) is 7.49. The summed E-state index contributed by atoms with van der Waals surface area (Å²) in [5.74, 6) is 0. The number of hydrogen-bond acceptors (Lipinski definition) is 2. The van der Waals surface area contributed by atoms with E-state index in [1.165, 1.54) is 12.3 Å². The van der Waals surface area contributed by atoms with Crippen LogP contribution in [0.25, 0.3) is 0 Å². The first kappa shape index (κ1) is 11.4. The third kappa shape index (κ3) is 1.69. The largest absolute Gasteiger partial charge is 0.418 e. The van der Waals surface area contributed by atoms with E-state index in [-0.39, 0.29) is 12.2 Å². The molecule has 5 heteroatoms. The molecule has 2 rings (SSSR count). The highest BCUT2D eigenvalue weighted by atomic mass is 19.4. The predicted molar refractivity (Wildman–Crippen MR) is 53.8 cm³/mol. The Bertz CT molecular complexity index is 378. The number of halogens is 3. The molecule has 0 bridgehead atoms. The number of nitrogens with zero attached hydrogens (tertiary/aromatic N) is 1. The zero-order valence-corrected chi connectivity index (χ0v) is 8.72. The number of rotatable bonds is 2. The van der Waals surface area contributed by atoms with Gasteiger partial charge < -0.3 is 5.73 Å². The molecule has 1 fully saturated rings. The SMILES string of the molecule is NCC1(c2ncccc2C(F)(F)F)CCC1. The molecule has 1 aliphatic rings. The molecule has 0 spiro atoms. The van der Waals surface area contributed by atoms with Gasteiger partial charge in [-0.2, -0.15) is 13.2 Å². The van der Waals surface area contributed by atoms with Gasteiger partial charge in [-0.05, 0) is 25.0 Å². The van der Waals surface area contributed by atoms with Crippen LogP contribution in [0, 0.1) is 0 Å². The molecule has 1 aromatic heterocycles. The molecule has 0 aromatic carbocycles. The molecule has 1 heterocycles. The summed E-state index contributed by atoms with van der Waals surface area (Å²) in [6.45, 7) is 0.229. The van der Waals surface area contributed by atoms with Crippen molar-refractivity contribution in [3.8, 4) is 0 Å². The topological polar surface area (TPSA) is 38.9 Å². The van der Waals surface area contributed by atoms with Gasteiger partial charge in [-0.1, -0.05) is 6.42 Å². The van der Waals surface area contributed by atoms with Gasteiger partial charge in [-0.25, -0.2) is 0 Å². The van der Waals surface area contributed by atoms with Gasteiger partial charge in [0.25, 0.3) is 0 Å². The molecule has 2 N–H and O–H groups in total. The molecule has 0 aliphatic heterocycles. The summed E-state index contributed by atoms with van der Waals surface area (Å²) < 4.78 is 38.4. The first-order valence-electron chi connectivity index (χ1n) is 5.22. The quantitative estimate of drug-likeness (QED) is 0.847. The Morgan fingerprint density at radius 1 is 1.38 bits per heavy atom. The third-order valence-corrected chi connectivity index (χ3v) is 3.32. The van der Waals surface area contributed by atoms with Crippen LogP contribution in [0.2, 0.25) is 0 Å². The van der Waals surface area contributed by atoms with E-state index in [4.69, 9.17) is 5.73 Å². The highest BCUT2D eigenvalue weighted by molar-refractivity contribution is 5.32. The van der Waals surface area contributed by atoms with Gasteiger partial charge in [-0.3, -0.25) is 4.98 Å². The van der Waals surface area contributed by atoms with Crippen LogP contribution in [0.15, 0.2) is 18.3 Å². The van der Waals surface area contributed by atoms with Crippen LogP contribution in [0.5, 0.6) is 0 Å². The average molecular weight is 230 g/mol. The minimum Gasteiger partial charge on any atom is -0.330 e. The zero-order valence-electron chi connectivity index (χ0n) is 8.72. The maximum atomic E-state index is 12.8. The number of hydrogen-bond donors (Lipinski definition) is 1. The number of alkyl halides is 3. The summed E-state index contributed by atoms with van der Waals surface area (Å²) in [6, 6.07) is 2.40. The van der Waals surface area contributed by atoms with Gasteiger partial charge in [0.2, 0.25) is 0 Å². The molecule has 0 amide bonds. The van der Waals surface area contributed by atoms with E-state index >= 15 is 0 Å². The molecule has 0 atom stereocenters. The Kier molecular flexibility index (Phi) is 2.66. The van der Waals surface area contributed by atoms with Gasteiger partial charge in [0.1, 0.15) is 0 Å². The highest BCUT2D eigenvalue weighted by Gasteiger charge is 2.45. The fourth-order valence-electron chi connectivity index (χ4n) is 2.20. The van der Waals surface area contributed by atoms with Crippen molar-refractivity contribution in [3.05, 3.63) is 29.6 Å². The van der Waals surface area contributed by atoms with E-state index in [0.717, 1.165) is 12.5 Å². The van der Waals surface area contributed by atoms with Crippen molar-refractivity contribution in [1.82, 2.24) is 4.98 Å². The van der Waals surface area contributed by atoms with Crippen LogP contribution in [-0.2, 0) is 11.6 Å².